The third-order valence-electron chi connectivity index (χ3n) is 5.34. The molecular weight excluding hydrogens is 382 g/mol. The smallest absolute Gasteiger partial charge is 0.191 e. The van der Waals surface area contributed by atoms with Crippen molar-refractivity contribution in [2.45, 2.75) is 38.8 Å². The van der Waals surface area contributed by atoms with E-state index in [1.54, 1.807) is 0 Å². The van der Waals surface area contributed by atoms with Gasteiger partial charge in [-0.1, -0.05) is 18.2 Å². The minimum absolute atomic E-state index is 0.433. The van der Waals surface area contributed by atoms with Crippen LogP contribution in [0.25, 0.3) is 0 Å². The molecule has 0 saturated carbocycles. The molecule has 0 unspecified atom stereocenters. The molecule has 2 heterocycles. The molecule has 1 aromatic heterocycles. The zero-order valence-corrected chi connectivity index (χ0v) is 18.6. The van der Waals surface area contributed by atoms with Gasteiger partial charge in [-0.25, -0.2) is 4.99 Å². The predicted octanol–water partition coefficient (Wildman–Crippen LogP) is 2.58. The van der Waals surface area contributed by atoms with Gasteiger partial charge in [-0.15, -0.1) is 10.2 Å². The quantitative estimate of drug-likeness (QED) is 0.392. The van der Waals surface area contributed by atoms with Gasteiger partial charge in [0.15, 0.2) is 11.8 Å². The zero-order valence-electron chi connectivity index (χ0n) is 17.8. The molecule has 1 aliphatic rings. The Bertz CT molecular complexity index is 767. The fourth-order valence-electron chi connectivity index (χ4n) is 3.43. The summed E-state index contributed by atoms with van der Waals surface area (Å²) in [4.78, 5) is 7.25. The number of benzene rings is 1. The van der Waals surface area contributed by atoms with Crippen molar-refractivity contribution in [1.29, 1.82) is 0 Å². The fraction of sp³-hybridized carbons (Fsp3) is 0.571. The number of nitrogens with zero attached hydrogens (tertiary/aromatic N) is 5. The molecule has 29 heavy (non-hydrogen) atoms. The van der Waals surface area contributed by atoms with Crippen molar-refractivity contribution in [3.8, 4) is 0 Å². The van der Waals surface area contributed by atoms with Crippen LogP contribution in [-0.4, -0.2) is 58.4 Å². The molecule has 0 atom stereocenters. The largest absolute Gasteiger partial charge is 0.371 e. The molecule has 1 fully saturated rings. The lowest BCUT2D eigenvalue weighted by molar-refractivity contribution is 0.461. The number of aliphatic imine (C=N–C) groups is 1. The van der Waals surface area contributed by atoms with E-state index >= 15 is 0 Å². The van der Waals surface area contributed by atoms with E-state index in [4.69, 9.17) is 4.99 Å². The zero-order chi connectivity index (χ0) is 20.5. The Hall–Kier alpha value is -2.22. The van der Waals surface area contributed by atoms with Crippen molar-refractivity contribution in [2.75, 3.05) is 36.5 Å². The van der Waals surface area contributed by atoms with E-state index in [1.165, 1.54) is 5.69 Å². The van der Waals surface area contributed by atoms with Crippen LogP contribution in [0.3, 0.4) is 0 Å². The highest BCUT2D eigenvalue weighted by Crippen LogP contribution is 2.19. The third kappa shape index (κ3) is 6.39. The highest BCUT2D eigenvalue weighted by Gasteiger charge is 2.20. The molecule has 1 aliphatic heterocycles. The highest BCUT2D eigenvalue weighted by atomic mass is 32.2. The second-order valence-corrected chi connectivity index (χ2v) is 8.39. The van der Waals surface area contributed by atoms with Gasteiger partial charge in [-0.3, -0.25) is 0 Å². The van der Waals surface area contributed by atoms with Crippen LogP contribution in [0.2, 0.25) is 0 Å². The summed E-state index contributed by atoms with van der Waals surface area (Å²) in [6.07, 6.45) is 5.47. The van der Waals surface area contributed by atoms with E-state index in [1.807, 2.05) is 30.3 Å². The topological polar surface area (TPSA) is 70.4 Å². The number of anilines is 1. The van der Waals surface area contributed by atoms with Gasteiger partial charge in [0.05, 0.1) is 0 Å². The summed E-state index contributed by atoms with van der Waals surface area (Å²) in [5.74, 6) is 3.82. The first-order valence-electron chi connectivity index (χ1n) is 10.4. The van der Waals surface area contributed by atoms with E-state index < -0.39 is 0 Å². The van der Waals surface area contributed by atoms with Gasteiger partial charge in [0.25, 0.3) is 0 Å². The van der Waals surface area contributed by atoms with Crippen LogP contribution in [0, 0.1) is 6.92 Å². The monoisotopic (exact) mass is 415 g/mol. The van der Waals surface area contributed by atoms with Crippen LogP contribution in [0.4, 0.5) is 5.69 Å². The summed E-state index contributed by atoms with van der Waals surface area (Å²) in [5, 5.41) is 15.5. The van der Waals surface area contributed by atoms with E-state index in [2.05, 4.69) is 62.3 Å². The summed E-state index contributed by atoms with van der Waals surface area (Å²) in [6.45, 7) is 5.53. The summed E-state index contributed by atoms with van der Waals surface area (Å²) in [5.41, 5.74) is 1.31. The van der Waals surface area contributed by atoms with Crippen LogP contribution < -0.4 is 15.5 Å². The minimum atomic E-state index is 0.433. The lowest BCUT2D eigenvalue weighted by Crippen LogP contribution is -2.49. The number of aromatic nitrogens is 3. The second-order valence-electron chi connectivity index (χ2n) is 7.40. The van der Waals surface area contributed by atoms with E-state index in [0.29, 0.717) is 12.6 Å². The molecule has 0 spiro atoms. The van der Waals surface area contributed by atoms with E-state index in [9.17, 15) is 0 Å². The first kappa shape index (κ1) is 21.5. The lowest BCUT2D eigenvalue weighted by atomic mass is 10.0. The van der Waals surface area contributed by atoms with Crippen molar-refractivity contribution in [3.05, 3.63) is 42.0 Å². The predicted molar refractivity (Wildman–Crippen MR) is 123 cm³/mol. The lowest BCUT2D eigenvalue weighted by Gasteiger charge is -2.34. The molecule has 2 aromatic rings. The number of hydrogen-bond donors (Lipinski definition) is 2. The SMILES string of the molecule is CSCCCNC(=NCc1nnc(C)n1C)NC1CCN(c2ccccc2)CC1. The summed E-state index contributed by atoms with van der Waals surface area (Å²) in [6, 6.07) is 11.1. The second kappa shape index (κ2) is 11.1. The molecular formula is C21H33N7S. The molecule has 1 aromatic carbocycles. The molecule has 0 amide bonds. The Kier molecular flexibility index (Phi) is 8.22. The Morgan fingerprint density at radius 2 is 1.97 bits per heavy atom. The summed E-state index contributed by atoms with van der Waals surface area (Å²) >= 11 is 1.87. The molecule has 7 nitrogen and oxygen atoms in total. The molecule has 0 bridgehead atoms. The van der Waals surface area contributed by atoms with Gasteiger partial charge >= 0.3 is 0 Å². The van der Waals surface area contributed by atoms with Crippen LogP contribution >= 0.6 is 11.8 Å². The van der Waals surface area contributed by atoms with Crippen molar-refractivity contribution in [2.24, 2.45) is 12.0 Å². The Labute approximate surface area is 178 Å². The van der Waals surface area contributed by atoms with Crippen LogP contribution in [0.1, 0.15) is 30.9 Å². The fourth-order valence-corrected chi connectivity index (χ4v) is 3.86. The van der Waals surface area contributed by atoms with Crippen molar-refractivity contribution >= 4 is 23.4 Å². The maximum Gasteiger partial charge on any atom is 0.191 e. The average Bonchev–Trinajstić information content (AvgIpc) is 3.08. The molecule has 2 N–H and O–H groups in total. The number of para-hydroxylation sites is 1. The number of nitrogens with one attached hydrogen (secondary N) is 2. The highest BCUT2D eigenvalue weighted by molar-refractivity contribution is 7.98. The van der Waals surface area contributed by atoms with Gasteiger partial charge in [0.2, 0.25) is 0 Å². The molecule has 0 aliphatic carbocycles. The van der Waals surface area contributed by atoms with Crippen LogP contribution in [-0.2, 0) is 13.6 Å². The molecule has 1 saturated heterocycles. The number of aryl methyl sites for hydroxylation is 1. The molecule has 3 rings (SSSR count). The normalized spacial score (nSPS) is 15.6. The standard InChI is InChI=1S/C21H33N7S/c1-17-25-26-20(27(17)2)16-23-21(22-12-7-15-29-3)24-18-10-13-28(14-11-18)19-8-5-4-6-9-19/h4-6,8-9,18H,7,10-16H2,1-3H3,(H2,22,23,24). The number of rotatable bonds is 8. The number of thioether (sulfide) groups is 1. The average molecular weight is 416 g/mol. The Morgan fingerprint density at radius 1 is 1.21 bits per heavy atom. The van der Waals surface area contributed by atoms with E-state index in [0.717, 1.165) is 62.3 Å². The van der Waals surface area contributed by atoms with Crippen LogP contribution in [0.5, 0.6) is 0 Å². The van der Waals surface area contributed by atoms with Crippen molar-refractivity contribution in [3.63, 3.8) is 0 Å². The van der Waals surface area contributed by atoms with Gasteiger partial charge in [0.1, 0.15) is 12.4 Å². The van der Waals surface area contributed by atoms with Crippen molar-refractivity contribution < 1.29 is 0 Å². The maximum absolute atomic E-state index is 4.79. The maximum atomic E-state index is 4.79. The van der Waals surface area contributed by atoms with Gasteiger partial charge < -0.3 is 20.1 Å². The van der Waals surface area contributed by atoms with Gasteiger partial charge in [-0.2, -0.15) is 11.8 Å². The molecule has 158 valence electrons. The number of guanidine groups is 1. The molecule has 0 radical (unpaired) electrons. The van der Waals surface area contributed by atoms with E-state index in [-0.39, 0.29) is 0 Å². The Morgan fingerprint density at radius 3 is 2.62 bits per heavy atom. The Balaban J connectivity index is 1.56. The number of piperidine rings is 1. The first-order chi connectivity index (χ1) is 14.2. The van der Waals surface area contributed by atoms with Crippen molar-refractivity contribution in [1.82, 2.24) is 25.4 Å². The van der Waals surface area contributed by atoms with Gasteiger partial charge in [0, 0.05) is 38.4 Å². The summed E-state index contributed by atoms with van der Waals surface area (Å²) < 4.78 is 1.99. The number of hydrogen-bond acceptors (Lipinski definition) is 5. The third-order valence-corrected chi connectivity index (χ3v) is 6.03. The molecule has 8 heteroatoms. The van der Waals surface area contributed by atoms with Gasteiger partial charge in [-0.05, 0) is 50.3 Å². The van der Waals surface area contributed by atoms with Crippen LogP contribution in [0.15, 0.2) is 35.3 Å². The minimum Gasteiger partial charge on any atom is -0.371 e. The summed E-state index contributed by atoms with van der Waals surface area (Å²) in [7, 11) is 1.98. The first-order valence-corrected chi connectivity index (χ1v) is 11.8.